The fraction of sp³-hybridized carbons (Fsp3) is 1.00. The molecule has 8 heteroatoms. The fourth-order valence-corrected chi connectivity index (χ4v) is 1.53. The average Bonchev–Trinajstić information content (AvgIpc) is 2.27. The van der Waals surface area contributed by atoms with E-state index in [1.165, 1.54) is 0 Å². The second kappa shape index (κ2) is 7.93. The summed E-state index contributed by atoms with van der Waals surface area (Å²) < 4.78 is 24.5. The number of aliphatic hydroxyl groups is 3. The minimum absolute atomic E-state index is 0.00473. The SMILES string of the molecule is NC(CCCO[SH](=O)=O)C(CO)(CO)CO. The summed E-state index contributed by atoms with van der Waals surface area (Å²) in [5.41, 5.74) is 4.58. The first kappa shape index (κ1) is 15.8. The Bertz CT molecular complexity index is 237. The van der Waals surface area contributed by atoms with Crippen LogP contribution in [0.25, 0.3) is 0 Å². The Balaban J connectivity index is 4.06. The Hall–Kier alpha value is -0.250. The van der Waals surface area contributed by atoms with Crippen LogP contribution in [-0.4, -0.2) is 56.2 Å². The third-order valence-corrected chi connectivity index (χ3v) is 2.98. The lowest BCUT2D eigenvalue weighted by Crippen LogP contribution is -2.50. The molecule has 0 aliphatic heterocycles. The zero-order valence-corrected chi connectivity index (χ0v) is 9.81. The van der Waals surface area contributed by atoms with Crippen LogP contribution in [0.3, 0.4) is 0 Å². The second-order valence-electron chi connectivity index (χ2n) is 3.64. The number of rotatable bonds is 9. The maximum atomic E-state index is 10.1. The predicted octanol–water partition coefficient (Wildman–Crippen LogP) is -2.40. The van der Waals surface area contributed by atoms with E-state index in [1.54, 1.807) is 0 Å². The maximum Gasteiger partial charge on any atom is 0.257 e. The van der Waals surface area contributed by atoms with E-state index in [0.29, 0.717) is 12.8 Å². The highest BCUT2D eigenvalue weighted by molar-refractivity contribution is 7.67. The Morgan fingerprint density at radius 2 is 1.69 bits per heavy atom. The quantitative estimate of drug-likeness (QED) is 0.230. The van der Waals surface area contributed by atoms with Gasteiger partial charge < -0.3 is 21.1 Å². The van der Waals surface area contributed by atoms with Gasteiger partial charge in [0.15, 0.2) is 0 Å². The number of hydrogen-bond acceptors (Lipinski definition) is 7. The largest absolute Gasteiger partial charge is 0.396 e. The van der Waals surface area contributed by atoms with Crippen LogP contribution in [0.5, 0.6) is 0 Å². The van der Waals surface area contributed by atoms with Gasteiger partial charge in [0.2, 0.25) is 0 Å². The predicted molar refractivity (Wildman–Crippen MR) is 57.2 cm³/mol. The van der Waals surface area contributed by atoms with Crippen molar-refractivity contribution in [1.29, 1.82) is 0 Å². The van der Waals surface area contributed by atoms with Crippen molar-refractivity contribution in [3.8, 4) is 0 Å². The minimum atomic E-state index is -2.86. The van der Waals surface area contributed by atoms with Crippen LogP contribution in [0.1, 0.15) is 12.8 Å². The lowest BCUT2D eigenvalue weighted by Gasteiger charge is -2.33. The molecule has 5 N–H and O–H groups in total. The molecule has 1 unspecified atom stereocenters. The van der Waals surface area contributed by atoms with E-state index in [2.05, 4.69) is 4.18 Å². The molecule has 0 spiro atoms. The molecule has 16 heavy (non-hydrogen) atoms. The minimum Gasteiger partial charge on any atom is -0.396 e. The van der Waals surface area contributed by atoms with Crippen LogP contribution in [0.4, 0.5) is 0 Å². The van der Waals surface area contributed by atoms with E-state index < -0.39 is 42.3 Å². The van der Waals surface area contributed by atoms with Gasteiger partial charge in [-0.25, -0.2) is 8.42 Å². The van der Waals surface area contributed by atoms with E-state index in [0.717, 1.165) is 0 Å². The van der Waals surface area contributed by atoms with Crippen molar-refractivity contribution in [2.24, 2.45) is 11.1 Å². The molecule has 0 saturated carbocycles. The maximum absolute atomic E-state index is 10.1. The third-order valence-electron chi connectivity index (χ3n) is 2.59. The molecule has 98 valence electrons. The fourth-order valence-electron chi connectivity index (χ4n) is 1.25. The van der Waals surface area contributed by atoms with Crippen molar-refractivity contribution < 1.29 is 27.9 Å². The first-order chi connectivity index (χ1) is 7.52. The molecule has 0 aromatic rings. The highest BCUT2D eigenvalue weighted by Crippen LogP contribution is 2.22. The van der Waals surface area contributed by atoms with Crippen molar-refractivity contribution in [2.75, 3.05) is 26.4 Å². The Kier molecular flexibility index (Phi) is 7.81. The van der Waals surface area contributed by atoms with Gasteiger partial charge in [0.05, 0.1) is 31.8 Å². The van der Waals surface area contributed by atoms with Gasteiger partial charge in [-0.05, 0) is 12.8 Å². The number of hydrogen-bond donors (Lipinski definition) is 5. The number of nitrogens with two attached hydrogens (primary N) is 1. The Labute approximate surface area is 96.0 Å². The van der Waals surface area contributed by atoms with Crippen LogP contribution >= 0.6 is 0 Å². The lowest BCUT2D eigenvalue weighted by atomic mass is 9.81. The summed E-state index contributed by atoms with van der Waals surface area (Å²) in [4.78, 5) is 0. The van der Waals surface area contributed by atoms with Gasteiger partial charge >= 0.3 is 0 Å². The lowest BCUT2D eigenvalue weighted by molar-refractivity contribution is -0.0159. The summed E-state index contributed by atoms with van der Waals surface area (Å²) in [6.45, 7) is -1.29. The topological polar surface area (TPSA) is 130 Å². The monoisotopic (exact) mass is 257 g/mol. The summed E-state index contributed by atoms with van der Waals surface area (Å²) in [5, 5.41) is 27.2. The summed E-state index contributed by atoms with van der Waals surface area (Å²) in [6.07, 6.45) is 0.705. The molecule has 0 bridgehead atoms. The zero-order chi connectivity index (χ0) is 12.6. The normalized spacial score (nSPS) is 14.3. The summed E-state index contributed by atoms with van der Waals surface area (Å²) >= 11 is 0. The molecule has 0 rings (SSSR count). The van der Waals surface area contributed by atoms with Gasteiger partial charge in [-0.2, -0.15) is 0 Å². The molecule has 0 aliphatic carbocycles. The Morgan fingerprint density at radius 1 is 1.19 bits per heavy atom. The van der Waals surface area contributed by atoms with Gasteiger partial charge in [0.25, 0.3) is 11.0 Å². The molecule has 1 atom stereocenters. The first-order valence-electron chi connectivity index (χ1n) is 4.88. The molecule has 0 aromatic carbocycles. The van der Waals surface area contributed by atoms with E-state index >= 15 is 0 Å². The van der Waals surface area contributed by atoms with Crippen LogP contribution in [0.15, 0.2) is 0 Å². The van der Waals surface area contributed by atoms with Gasteiger partial charge in [0.1, 0.15) is 0 Å². The molecule has 0 saturated heterocycles. The highest BCUT2D eigenvalue weighted by atomic mass is 32.2. The van der Waals surface area contributed by atoms with Crippen molar-refractivity contribution in [3.63, 3.8) is 0 Å². The molecule has 0 radical (unpaired) electrons. The molecular weight excluding hydrogens is 238 g/mol. The molecule has 0 aliphatic rings. The van der Waals surface area contributed by atoms with Gasteiger partial charge in [-0.3, -0.25) is 4.18 Å². The molecule has 0 heterocycles. The second-order valence-corrected chi connectivity index (χ2v) is 4.35. The van der Waals surface area contributed by atoms with E-state index in [9.17, 15) is 8.42 Å². The third kappa shape index (κ3) is 4.73. The summed E-state index contributed by atoms with van der Waals surface area (Å²) in [5.74, 6) is 0. The van der Waals surface area contributed by atoms with E-state index in [1.807, 2.05) is 0 Å². The first-order valence-corrected chi connectivity index (χ1v) is 5.97. The van der Waals surface area contributed by atoms with Gasteiger partial charge in [-0.1, -0.05) is 0 Å². The van der Waals surface area contributed by atoms with Crippen LogP contribution in [0.2, 0.25) is 0 Å². The van der Waals surface area contributed by atoms with Gasteiger partial charge in [-0.15, -0.1) is 0 Å². The molecule has 0 fully saturated rings. The summed E-state index contributed by atoms with van der Waals surface area (Å²) in [6, 6.07) is -0.624. The van der Waals surface area contributed by atoms with Crippen molar-refractivity contribution >= 4 is 11.0 Å². The molecular formula is C8H19NO6S. The smallest absolute Gasteiger partial charge is 0.257 e. The van der Waals surface area contributed by atoms with Crippen molar-refractivity contribution in [2.45, 2.75) is 18.9 Å². The van der Waals surface area contributed by atoms with E-state index in [-0.39, 0.29) is 6.61 Å². The Morgan fingerprint density at radius 3 is 2.06 bits per heavy atom. The highest BCUT2D eigenvalue weighted by Gasteiger charge is 2.34. The van der Waals surface area contributed by atoms with Crippen molar-refractivity contribution in [1.82, 2.24) is 0 Å². The van der Waals surface area contributed by atoms with E-state index in [4.69, 9.17) is 21.1 Å². The molecule has 0 amide bonds. The molecule has 0 aromatic heterocycles. The van der Waals surface area contributed by atoms with Crippen LogP contribution in [-0.2, 0) is 15.2 Å². The number of thiol groups is 1. The van der Waals surface area contributed by atoms with Crippen molar-refractivity contribution in [3.05, 3.63) is 0 Å². The standard InChI is InChI=1S/C8H19NO6S/c9-7(2-1-3-15-16(13)14)8(4-10,5-11)6-12/h7,10-12,16H,1-6,9H2. The number of aliphatic hydroxyl groups excluding tert-OH is 3. The zero-order valence-electron chi connectivity index (χ0n) is 8.91. The van der Waals surface area contributed by atoms with Gasteiger partial charge in [0, 0.05) is 6.04 Å². The average molecular weight is 257 g/mol. The summed E-state index contributed by atoms with van der Waals surface area (Å²) in [7, 11) is -2.86. The molecule has 7 nitrogen and oxygen atoms in total. The van der Waals surface area contributed by atoms with Crippen LogP contribution in [0, 0.1) is 5.41 Å². The van der Waals surface area contributed by atoms with Crippen LogP contribution < -0.4 is 5.73 Å².